The van der Waals surface area contributed by atoms with Crippen molar-refractivity contribution in [2.24, 2.45) is 0 Å². The molecule has 108 valence electrons. The van der Waals surface area contributed by atoms with E-state index in [0.29, 0.717) is 11.8 Å². The first-order valence-corrected chi connectivity index (χ1v) is 7.68. The molecule has 0 aliphatic rings. The molecule has 1 rings (SSSR count). The molecule has 1 aromatic rings. The molecular formula is C15H25BrN2O. The van der Waals surface area contributed by atoms with Crippen LogP contribution in [0.5, 0.6) is 5.75 Å². The quantitative estimate of drug-likeness (QED) is 0.718. The van der Waals surface area contributed by atoms with E-state index in [-0.39, 0.29) is 0 Å². The van der Waals surface area contributed by atoms with Gasteiger partial charge in [-0.05, 0) is 80.5 Å². The average Bonchev–Trinajstić information content (AvgIpc) is 2.37. The van der Waals surface area contributed by atoms with E-state index < -0.39 is 0 Å². The van der Waals surface area contributed by atoms with E-state index in [0.717, 1.165) is 24.1 Å². The molecular weight excluding hydrogens is 304 g/mol. The van der Waals surface area contributed by atoms with Gasteiger partial charge < -0.3 is 15.3 Å². The predicted octanol–water partition coefficient (Wildman–Crippen LogP) is 3.36. The lowest BCUT2D eigenvalue weighted by atomic mass is 10.2. The molecule has 0 amide bonds. The monoisotopic (exact) mass is 328 g/mol. The van der Waals surface area contributed by atoms with Gasteiger partial charge in [0.15, 0.2) is 0 Å². The molecule has 0 aromatic heterocycles. The van der Waals surface area contributed by atoms with Crippen LogP contribution in [0.1, 0.15) is 32.3 Å². The van der Waals surface area contributed by atoms with Gasteiger partial charge >= 0.3 is 0 Å². The number of halogens is 1. The Bertz CT molecular complexity index is 382. The van der Waals surface area contributed by atoms with E-state index >= 15 is 0 Å². The van der Waals surface area contributed by atoms with Crippen molar-refractivity contribution in [1.82, 2.24) is 10.2 Å². The van der Waals surface area contributed by atoms with E-state index in [1.165, 1.54) is 18.4 Å². The molecule has 4 heteroatoms. The number of hydrogen-bond donors (Lipinski definition) is 2. The molecule has 1 aromatic carbocycles. The topological polar surface area (TPSA) is 35.5 Å². The number of unbranched alkanes of at least 4 members (excludes halogenated alkanes) is 1. The van der Waals surface area contributed by atoms with Crippen molar-refractivity contribution in [1.29, 1.82) is 0 Å². The molecule has 0 bridgehead atoms. The minimum atomic E-state index is 0.292. The summed E-state index contributed by atoms with van der Waals surface area (Å²) in [6.45, 7) is 7.48. The standard InChI is InChI=1S/C15H25BrN2O/c1-12(2)18(3)9-5-4-8-17-11-13-6-7-15(19)14(16)10-13/h6-7,10,12,17,19H,4-5,8-9,11H2,1-3H3. The summed E-state index contributed by atoms with van der Waals surface area (Å²) in [5, 5.41) is 12.8. The maximum Gasteiger partial charge on any atom is 0.129 e. The van der Waals surface area contributed by atoms with Gasteiger partial charge in [0.05, 0.1) is 4.47 Å². The SMILES string of the molecule is CC(C)N(C)CCCCNCc1ccc(O)c(Br)c1. The summed E-state index contributed by atoms with van der Waals surface area (Å²) in [5.41, 5.74) is 1.18. The number of phenols is 1. The lowest BCUT2D eigenvalue weighted by Crippen LogP contribution is -2.27. The van der Waals surface area contributed by atoms with Gasteiger partial charge in [0.25, 0.3) is 0 Å². The second-order valence-corrected chi connectivity index (χ2v) is 6.10. The van der Waals surface area contributed by atoms with Crippen LogP contribution < -0.4 is 5.32 Å². The summed E-state index contributed by atoms with van der Waals surface area (Å²) < 4.78 is 0.755. The van der Waals surface area contributed by atoms with Crippen LogP contribution in [0.2, 0.25) is 0 Å². The maximum absolute atomic E-state index is 9.41. The molecule has 0 heterocycles. The van der Waals surface area contributed by atoms with Gasteiger partial charge in [-0.2, -0.15) is 0 Å². The number of hydrogen-bond acceptors (Lipinski definition) is 3. The molecule has 0 radical (unpaired) electrons. The van der Waals surface area contributed by atoms with Crippen LogP contribution in [-0.2, 0) is 6.54 Å². The average molecular weight is 329 g/mol. The van der Waals surface area contributed by atoms with Gasteiger partial charge in [-0.3, -0.25) is 0 Å². The molecule has 0 fully saturated rings. The minimum absolute atomic E-state index is 0.292. The lowest BCUT2D eigenvalue weighted by Gasteiger charge is -2.20. The molecule has 0 aliphatic carbocycles. The van der Waals surface area contributed by atoms with Crippen molar-refractivity contribution >= 4 is 15.9 Å². The smallest absolute Gasteiger partial charge is 0.129 e. The van der Waals surface area contributed by atoms with Crippen LogP contribution in [0.4, 0.5) is 0 Å². The highest BCUT2D eigenvalue weighted by molar-refractivity contribution is 9.10. The fourth-order valence-corrected chi connectivity index (χ4v) is 2.19. The summed E-state index contributed by atoms with van der Waals surface area (Å²) in [7, 11) is 2.17. The van der Waals surface area contributed by atoms with E-state index in [2.05, 4.69) is 47.0 Å². The predicted molar refractivity (Wildman–Crippen MR) is 84.5 cm³/mol. The summed E-state index contributed by atoms with van der Waals surface area (Å²) in [6.07, 6.45) is 2.41. The molecule has 0 saturated heterocycles. The highest BCUT2D eigenvalue weighted by Gasteiger charge is 2.02. The number of benzene rings is 1. The molecule has 3 nitrogen and oxygen atoms in total. The number of nitrogens with zero attached hydrogens (tertiary/aromatic N) is 1. The molecule has 0 atom stereocenters. The Morgan fingerprint density at radius 2 is 2.05 bits per heavy atom. The van der Waals surface area contributed by atoms with Crippen molar-refractivity contribution in [2.75, 3.05) is 20.1 Å². The summed E-state index contributed by atoms with van der Waals surface area (Å²) in [6, 6.07) is 6.25. The molecule has 0 unspecified atom stereocenters. The van der Waals surface area contributed by atoms with E-state index in [1.54, 1.807) is 6.07 Å². The third-order valence-corrected chi connectivity index (χ3v) is 3.97. The van der Waals surface area contributed by atoms with E-state index in [9.17, 15) is 5.11 Å². The number of rotatable bonds is 8. The van der Waals surface area contributed by atoms with Crippen LogP contribution >= 0.6 is 15.9 Å². The van der Waals surface area contributed by atoms with Crippen LogP contribution in [0, 0.1) is 0 Å². The van der Waals surface area contributed by atoms with Gasteiger partial charge in [-0.15, -0.1) is 0 Å². The highest BCUT2D eigenvalue weighted by atomic mass is 79.9. The van der Waals surface area contributed by atoms with Crippen LogP contribution in [0.3, 0.4) is 0 Å². The minimum Gasteiger partial charge on any atom is -0.507 e. The number of aromatic hydroxyl groups is 1. The largest absolute Gasteiger partial charge is 0.507 e. The van der Waals surface area contributed by atoms with Crippen LogP contribution in [-0.4, -0.2) is 36.2 Å². The second-order valence-electron chi connectivity index (χ2n) is 5.24. The first kappa shape index (κ1) is 16.5. The van der Waals surface area contributed by atoms with Crippen molar-refractivity contribution in [2.45, 2.75) is 39.3 Å². The highest BCUT2D eigenvalue weighted by Crippen LogP contribution is 2.24. The fourth-order valence-electron chi connectivity index (χ4n) is 1.76. The third kappa shape index (κ3) is 6.41. The van der Waals surface area contributed by atoms with Gasteiger partial charge in [-0.25, -0.2) is 0 Å². The zero-order valence-electron chi connectivity index (χ0n) is 12.1. The number of nitrogens with one attached hydrogen (secondary N) is 1. The molecule has 0 spiro atoms. The van der Waals surface area contributed by atoms with Gasteiger partial charge in [0.2, 0.25) is 0 Å². The first-order chi connectivity index (χ1) is 9.00. The van der Waals surface area contributed by atoms with Crippen molar-refractivity contribution in [3.05, 3.63) is 28.2 Å². The van der Waals surface area contributed by atoms with Crippen molar-refractivity contribution in [3.63, 3.8) is 0 Å². The lowest BCUT2D eigenvalue weighted by molar-refractivity contribution is 0.268. The number of phenolic OH excluding ortho intramolecular Hbond substituents is 1. The maximum atomic E-state index is 9.41. The Kier molecular flexibility index (Phi) is 7.42. The summed E-state index contributed by atoms with van der Waals surface area (Å²) in [5.74, 6) is 0.292. The van der Waals surface area contributed by atoms with E-state index in [1.807, 2.05) is 12.1 Å². The third-order valence-electron chi connectivity index (χ3n) is 3.34. The van der Waals surface area contributed by atoms with Gasteiger partial charge in [0, 0.05) is 12.6 Å². The van der Waals surface area contributed by atoms with Gasteiger partial charge in [0.1, 0.15) is 5.75 Å². The Labute approximate surface area is 125 Å². The van der Waals surface area contributed by atoms with Crippen molar-refractivity contribution < 1.29 is 5.11 Å². The molecule has 2 N–H and O–H groups in total. The summed E-state index contributed by atoms with van der Waals surface area (Å²) in [4.78, 5) is 2.37. The molecule has 19 heavy (non-hydrogen) atoms. The van der Waals surface area contributed by atoms with E-state index in [4.69, 9.17) is 0 Å². The van der Waals surface area contributed by atoms with Gasteiger partial charge in [-0.1, -0.05) is 6.07 Å². The summed E-state index contributed by atoms with van der Waals surface area (Å²) >= 11 is 3.33. The molecule has 0 saturated carbocycles. The molecule has 0 aliphatic heterocycles. The second kappa shape index (κ2) is 8.56. The van der Waals surface area contributed by atoms with Crippen molar-refractivity contribution in [3.8, 4) is 5.75 Å². The normalized spacial score (nSPS) is 11.5. The zero-order valence-corrected chi connectivity index (χ0v) is 13.7. The first-order valence-electron chi connectivity index (χ1n) is 6.89. The Hall–Kier alpha value is -0.580. The van der Waals surface area contributed by atoms with Crippen LogP contribution in [0.25, 0.3) is 0 Å². The Morgan fingerprint density at radius 3 is 2.68 bits per heavy atom. The fraction of sp³-hybridized carbons (Fsp3) is 0.600. The van der Waals surface area contributed by atoms with Crippen LogP contribution in [0.15, 0.2) is 22.7 Å². The zero-order chi connectivity index (χ0) is 14.3. The Morgan fingerprint density at radius 1 is 1.32 bits per heavy atom. The Balaban J connectivity index is 2.12.